The third-order valence-corrected chi connectivity index (χ3v) is 9.69. The second-order valence-corrected chi connectivity index (χ2v) is 12.0. The Kier molecular flexibility index (Phi) is 7.12. The molecule has 0 spiro atoms. The standard InChI is InChI=1S/C33H34N2O2S/c1-23-8-2-3-10-27(23)22-35-29-12-6-7-13-30(29)38-31(33(35)37)20-24-14-16-26(17-15-24)32(36)34-19-18-25-9-4-5-11-28(25)21-34/h2-5,8-11,14-17,20,29-30H,6-7,12-13,18-19,21-22H2,1H3/b31-20+. The molecule has 5 heteroatoms. The first-order chi connectivity index (χ1) is 18.6. The lowest BCUT2D eigenvalue weighted by atomic mass is 9.92. The van der Waals surface area contributed by atoms with E-state index in [-0.39, 0.29) is 11.8 Å². The van der Waals surface area contributed by atoms with Crippen LogP contribution in [0.4, 0.5) is 0 Å². The van der Waals surface area contributed by atoms with Gasteiger partial charge in [0.05, 0.1) is 4.91 Å². The first kappa shape index (κ1) is 25.0. The van der Waals surface area contributed by atoms with Gasteiger partial charge in [0.2, 0.25) is 0 Å². The predicted molar refractivity (Wildman–Crippen MR) is 155 cm³/mol. The first-order valence-corrected chi connectivity index (χ1v) is 14.6. The van der Waals surface area contributed by atoms with Crippen LogP contribution in [0.15, 0.2) is 77.7 Å². The van der Waals surface area contributed by atoms with Crippen LogP contribution in [0, 0.1) is 6.92 Å². The zero-order valence-corrected chi connectivity index (χ0v) is 22.8. The lowest BCUT2D eigenvalue weighted by Crippen LogP contribution is -2.50. The number of carbonyl (C=O) groups excluding carboxylic acids is 2. The Bertz CT molecular complexity index is 1380. The molecule has 1 aliphatic carbocycles. The number of nitrogens with zero attached hydrogens (tertiary/aromatic N) is 2. The average Bonchev–Trinajstić information content (AvgIpc) is 2.96. The predicted octanol–water partition coefficient (Wildman–Crippen LogP) is 6.62. The maximum Gasteiger partial charge on any atom is 0.260 e. The smallest absolute Gasteiger partial charge is 0.260 e. The van der Waals surface area contributed by atoms with E-state index in [1.807, 2.05) is 41.3 Å². The molecule has 1 saturated carbocycles. The highest BCUT2D eigenvalue weighted by Gasteiger charge is 2.40. The Hall–Kier alpha value is -3.31. The molecule has 2 atom stereocenters. The van der Waals surface area contributed by atoms with Gasteiger partial charge < -0.3 is 9.80 Å². The normalized spacial score (nSPS) is 22.2. The summed E-state index contributed by atoms with van der Waals surface area (Å²) in [6, 6.07) is 24.8. The van der Waals surface area contributed by atoms with E-state index in [0.717, 1.165) is 36.3 Å². The summed E-state index contributed by atoms with van der Waals surface area (Å²) >= 11 is 1.76. The van der Waals surface area contributed by atoms with Crippen molar-refractivity contribution in [3.63, 3.8) is 0 Å². The Morgan fingerprint density at radius 1 is 0.947 bits per heavy atom. The number of benzene rings is 3. The van der Waals surface area contributed by atoms with Gasteiger partial charge in [-0.3, -0.25) is 9.59 Å². The van der Waals surface area contributed by atoms with Crippen LogP contribution >= 0.6 is 11.8 Å². The molecule has 3 aromatic carbocycles. The van der Waals surface area contributed by atoms with Crippen LogP contribution in [-0.2, 0) is 24.3 Å². The largest absolute Gasteiger partial charge is 0.334 e. The van der Waals surface area contributed by atoms with Crippen LogP contribution in [0.1, 0.15) is 63.9 Å². The number of hydrogen-bond acceptors (Lipinski definition) is 3. The van der Waals surface area contributed by atoms with Crippen molar-refractivity contribution in [2.45, 2.75) is 63.4 Å². The van der Waals surface area contributed by atoms with Crippen molar-refractivity contribution in [3.05, 3.63) is 111 Å². The summed E-state index contributed by atoms with van der Waals surface area (Å²) in [6.07, 6.45) is 7.57. The molecule has 2 fully saturated rings. The maximum atomic E-state index is 13.8. The molecule has 0 radical (unpaired) electrons. The number of aryl methyl sites for hydroxylation is 1. The Morgan fingerprint density at radius 2 is 1.68 bits per heavy atom. The summed E-state index contributed by atoms with van der Waals surface area (Å²) in [5.41, 5.74) is 6.69. The molecule has 0 bridgehead atoms. The van der Waals surface area contributed by atoms with Gasteiger partial charge >= 0.3 is 0 Å². The van der Waals surface area contributed by atoms with Gasteiger partial charge in [-0.25, -0.2) is 0 Å². The Labute approximate surface area is 229 Å². The molecular formula is C33H34N2O2S. The van der Waals surface area contributed by atoms with Gasteiger partial charge in [0.1, 0.15) is 0 Å². The molecule has 6 rings (SSSR count). The maximum absolute atomic E-state index is 13.8. The molecular weight excluding hydrogens is 488 g/mol. The molecule has 2 heterocycles. The van der Waals surface area contributed by atoms with Gasteiger partial charge in [-0.1, -0.05) is 73.5 Å². The third-order valence-electron chi connectivity index (χ3n) is 8.29. The quantitative estimate of drug-likeness (QED) is 0.362. The zero-order valence-electron chi connectivity index (χ0n) is 21.9. The molecule has 4 nitrogen and oxygen atoms in total. The van der Waals surface area contributed by atoms with Crippen LogP contribution in [0.3, 0.4) is 0 Å². The van der Waals surface area contributed by atoms with E-state index < -0.39 is 0 Å². The summed E-state index contributed by atoms with van der Waals surface area (Å²) in [5.74, 6) is 0.199. The lowest BCUT2D eigenvalue weighted by molar-refractivity contribution is -0.130. The molecule has 1 saturated heterocycles. The second kappa shape index (κ2) is 10.8. The van der Waals surface area contributed by atoms with E-state index >= 15 is 0 Å². The van der Waals surface area contributed by atoms with Crippen LogP contribution in [-0.4, -0.2) is 39.5 Å². The first-order valence-electron chi connectivity index (χ1n) is 13.8. The van der Waals surface area contributed by atoms with E-state index in [0.29, 0.717) is 29.9 Å². The van der Waals surface area contributed by atoms with Crippen molar-refractivity contribution in [2.24, 2.45) is 0 Å². The minimum Gasteiger partial charge on any atom is -0.334 e. The van der Waals surface area contributed by atoms with Crippen molar-refractivity contribution < 1.29 is 9.59 Å². The molecule has 38 heavy (non-hydrogen) atoms. The summed E-state index contributed by atoms with van der Waals surface area (Å²) < 4.78 is 0. The van der Waals surface area contributed by atoms with E-state index in [2.05, 4.69) is 54.3 Å². The molecule has 2 aliphatic heterocycles. The van der Waals surface area contributed by atoms with Gasteiger partial charge in [-0.05, 0) is 72.2 Å². The molecule has 0 aromatic heterocycles. The van der Waals surface area contributed by atoms with Crippen LogP contribution < -0.4 is 0 Å². The van der Waals surface area contributed by atoms with E-state index in [9.17, 15) is 9.59 Å². The van der Waals surface area contributed by atoms with Crippen LogP contribution in [0.2, 0.25) is 0 Å². The van der Waals surface area contributed by atoms with E-state index in [1.54, 1.807) is 11.8 Å². The monoisotopic (exact) mass is 522 g/mol. The second-order valence-electron chi connectivity index (χ2n) is 10.7. The fraction of sp³-hybridized carbons (Fsp3) is 0.333. The molecule has 2 unspecified atom stereocenters. The molecule has 3 aromatic rings. The average molecular weight is 523 g/mol. The van der Waals surface area contributed by atoms with Crippen molar-refractivity contribution in [3.8, 4) is 0 Å². The summed E-state index contributed by atoms with van der Waals surface area (Å²) in [5, 5.41) is 0.444. The van der Waals surface area contributed by atoms with Gasteiger partial charge in [-0.2, -0.15) is 0 Å². The number of fused-ring (bicyclic) bond motifs is 2. The Morgan fingerprint density at radius 3 is 2.50 bits per heavy atom. The summed E-state index contributed by atoms with van der Waals surface area (Å²) in [7, 11) is 0. The highest BCUT2D eigenvalue weighted by molar-refractivity contribution is 8.04. The third kappa shape index (κ3) is 5.04. The number of amides is 2. The van der Waals surface area contributed by atoms with Gasteiger partial charge in [0.25, 0.3) is 11.8 Å². The minimum atomic E-state index is 0.0660. The lowest BCUT2D eigenvalue weighted by Gasteiger charge is -2.44. The molecule has 3 aliphatic rings. The Balaban J connectivity index is 1.20. The number of hydrogen-bond donors (Lipinski definition) is 0. The van der Waals surface area contributed by atoms with Gasteiger partial charge in [0, 0.05) is 36.5 Å². The van der Waals surface area contributed by atoms with Crippen LogP contribution in [0.5, 0.6) is 0 Å². The van der Waals surface area contributed by atoms with Crippen LogP contribution in [0.25, 0.3) is 6.08 Å². The van der Waals surface area contributed by atoms with Crippen molar-refractivity contribution >= 4 is 29.7 Å². The minimum absolute atomic E-state index is 0.0660. The van der Waals surface area contributed by atoms with Gasteiger partial charge in [0.15, 0.2) is 0 Å². The number of carbonyl (C=O) groups is 2. The van der Waals surface area contributed by atoms with E-state index in [1.165, 1.54) is 35.1 Å². The molecule has 2 amide bonds. The molecule has 194 valence electrons. The summed E-state index contributed by atoms with van der Waals surface area (Å²) in [4.78, 5) is 31.8. The highest BCUT2D eigenvalue weighted by atomic mass is 32.2. The fourth-order valence-electron chi connectivity index (χ4n) is 6.06. The summed E-state index contributed by atoms with van der Waals surface area (Å²) in [6.45, 7) is 4.19. The van der Waals surface area contributed by atoms with Crippen molar-refractivity contribution in [1.82, 2.24) is 9.80 Å². The topological polar surface area (TPSA) is 40.6 Å². The zero-order chi connectivity index (χ0) is 26.1. The van der Waals surface area contributed by atoms with Crippen molar-refractivity contribution in [2.75, 3.05) is 6.54 Å². The van der Waals surface area contributed by atoms with Gasteiger partial charge in [-0.15, -0.1) is 11.8 Å². The number of thioether (sulfide) groups is 1. The highest BCUT2D eigenvalue weighted by Crippen LogP contribution is 2.43. The SMILES string of the molecule is Cc1ccccc1CN1C(=O)/C(=C\c2ccc(C(=O)N3CCc4ccccc4C3)cc2)SC2CCCCC21. The van der Waals surface area contributed by atoms with Crippen molar-refractivity contribution in [1.29, 1.82) is 0 Å². The molecule has 0 N–H and O–H groups in total. The fourth-order valence-corrected chi connectivity index (χ4v) is 7.53. The van der Waals surface area contributed by atoms with E-state index in [4.69, 9.17) is 0 Å². The number of rotatable bonds is 4.